The van der Waals surface area contributed by atoms with Gasteiger partial charge in [0, 0.05) is 51.1 Å². The van der Waals surface area contributed by atoms with Gasteiger partial charge in [0.15, 0.2) is 0 Å². The summed E-state index contributed by atoms with van der Waals surface area (Å²) < 4.78 is 19.7. The minimum absolute atomic E-state index is 0.115. The van der Waals surface area contributed by atoms with E-state index in [-0.39, 0.29) is 10.8 Å². The lowest BCUT2D eigenvalue weighted by Gasteiger charge is -2.25. The van der Waals surface area contributed by atoms with E-state index in [1.165, 1.54) is 10.1 Å². The van der Waals surface area contributed by atoms with E-state index in [4.69, 9.17) is 24.2 Å². The largest absolute Gasteiger partial charge is 0.495 e. The average molecular weight is 735 g/mol. The molecule has 0 radical (unpaired) electrons. The number of ether oxygens (including phenoxy) is 3. The number of benzene rings is 3. The fourth-order valence-electron chi connectivity index (χ4n) is 6.97. The van der Waals surface area contributed by atoms with Crippen molar-refractivity contribution < 1.29 is 19.0 Å². The van der Waals surface area contributed by atoms with Gasteiger partial charge in [0.2, 0.25) is 0 Å². The zero-order valence-electron chi connectivity index (χ0n) is 33.7. The molecule has 1 N–H and O–H groups in total. The lowest BCUT2D eigenvalue weighted by Crippen LogP contribution is -2.27. The second kappa shape index (κ2) is 13.8. The molecule has 55 heavy (non-hydrogen) atoms. The maximum absolute atomic E-state index is 13.4. The monoisotopic (exact) mass is 734 g/mol. The zero-order valence-corrected chi connectivity index (χ0v) is 33.7. The molecule has 3 aromatic carbocycles. The van der Waals surface area contributed by atoms with Crippen LogP contribution in [0.4, 0.5) is 4.79 Å². The van der Waals surface area contributed by atoms with Crippen LogP contribution in [0.1, 0.15) is 73.4 Å². The van der Waals surface area contributed by atoms with E-state index in [0.29, 0.717) is 11.4 Å². The van der Waals surface area contributed by atoms with Crippen LogP contribution < -0.4 is 9.47 Å². The van der Waals surface area contributed by atoms with E-state index < -0.39 is 11.7 Å². The highest BCUT2D eigenvalue weighted by Gasteiger charge is 2.27. The Morgan fingerprint density at radius 2 is 1.11 bits per heavy atom. The molecular formula is C47H50N4O4. The van der Waals surface area contributed by atoms with Gasteiger partial charge in [-0.2, -0.15) is 0 Å². The summed E-state index contributed by atoms with van der Waals surface area (Å²) >= 11 is 0. The van der Waals surface area contributed by atoms with Crippen molar-refractivity contribution in [3.8, 4) is 56.5 Å². The molecule has 0 aliphatic rings. The Morgan fingerprint density at radius 1 is 0.618 bits per heavy atom. The number of hydrogen-bond donors (Lipinski definition) is 1. The molecule has 0 atom stereocenters. The first-order chi connectivity index (χ1) is 26.0. The first-order valence-electron chi connectivity index (χ1n) is 18.7. The normalized spacial score (nSPS) is 12.3. The van der Waals surface area contributed by atoms with Gasteiger partial charge in [-0.3, -0.25) is 4.57 Å². The van der Waals surface area contributed by atoms with Gasteiger partial charge in [0.25, 0.3) is 0 Å². The second-order valence-electron chi connectivity index (χ2n) is 17.1. The van der Waals surface area contributed by atoms with Crippen LogP contribution in [0.3, 0.4) is 0 Å². The van der Waals surface area contributed by atoms with Gasteiger partial charge in [-0.25, -0.2) is 14.8 Å². The van der Waals surface area contributed by atoms with Crippen molar-refractivity contribution in [2.45, 2.75) is 78.7 Å². The van der Waals surface area contributed by atoms with Gasteiger partial charge in [-0.15, -0.1) is 0 Å². The number of aromatic amines is 1. The summed E-state index contributed by atoms with van der Waals surface area (Å²) in [5, 5.41) is 1.94. The van der Waals surface area contributed by atoms with Crippen LogP contribution in [0, 0.1) is 0 Å². The Labute approximate surface area is 323 Å². The third-order valence-electron chi connectivity index (χ3n) is 9.89. The maximum Gasteiger partial charge on any atom is 0.418 e. The number of nitrogens with one attached hydrogen (secondary N) is 1. The van der Waals surface area contributed by atoms with Crippen molar-refractivity contribution in [2.24, 2.45) is 0 Å². The quantitative estimate of drug-likeness (QED) is 0.171. The molecule has 0 aliphatic heterocycles. The molecule has 0 saturated heterocycles. The number of aromatic nitrogens is 4. The van der Waals surface area contributed by atoms with Crippen molar-refractivity contribution in [1.29, 1.82) is 0 Å². The van der Waals surface area contributed by atoms with Gasteiger partial charge in [0.05, 0.1) is 42.3 Å². The van der Waals surface area contributed by atoms with Gasteiger partial charge >= 0.3 is 6.09 Å². The summed E-state index contributed by atoms with van der Waals surface area (Å²) in [6.07, 6.45) is 3.19. The van der Waals surface area contributed by atoms with Crippen LogP contribution in [0.15, 0.2) is 97.3 Å². The Balaban J connectivity index is 1.45. The molecule has 8 heteroatoms. The van der Waals surface area contributed by atoms with Crippen molar-refractivity contribution in [2.75, 3.05) is 14.2 Å². The molecule has 282 valence electrons. The summed E-state index contributed by atoms with van der Waals surface area (Å²) in [6.45, 7) is 18.7. The second-order valence-corrected chi connectivity index (χ2v) is 17.1. The zero-order chi connectivity index (χ0) is 39.4. The number of carbonyl (C=O) groups is 1. The summed E-state index contributed by atoms with van der Waals surface area (Å²) in [7, 11) is 3.37. The number of rotatable bonds is 6. The van der Waals surface area contributed by atoms with Crippen molar-refractivity contribution in [1.82, 2.24) is 19.5 Å². The van der Waals surface area contributed by atoms with Crippen molar-refractivity contribution in [3.05, 3.63) is 108 Å². The van der Waals surface area contributed by atoms with E-state index in [0.717, 1.165) is 72.5 Å². The van der Waals surface area contributed by atoms with E-state index in [1.54, 1.807) is 20.4 Å². The van der Waals surface area contributed by atoms with E-state index >= 15 is 0 Å². The van der Waals surface area contributed by atoms with Crippen LogP contribution in [-0.4, -0.2) is 45.4 Å². The summed E-state index contributed by atoms with van der Waals surface area (Å²) in [5.41, 5.74) is 9.44. The Hall–Kier alpha value is -5.89. The van der Waals surface area contributed by atoms with Crippen LogP contribution in [0.5, 0.6) is 11.5 Å². The molecule has 7 rings (SSSR count). The van der Waals surface area contributed by atoms with Crippen molar-refractivity contribution >= 4 is 27.9 Å². The lowest BCUT2D eigenvalue weighted by molar-refractivity contribution is 0.0540. The highest BCUT2D eigenvalue weighted by atomic mass is 16.6. The number of nitrogens with zero attached hydrogens (tertiary/aromatic N) is 3. The number of methoxy groups -OCH3 is 2. The fourth-order valence-corrected chi connectivity index (χ4v) is 6.97. The predicted octanol–water partition coefficient (Wildman–Crippen LogP) is 12.0. The molecule has 0 spiro atoms. The predicted molar refractivity (Wildman–Crippen MR) is 223 cm³/mol. The fraction of sp³-hybridized carbons (Fsp3) is 0.298. The van der Waals surface area contributed by atoms with Crippen molar-refractivity contribution in [3.63, 3.8) is 0 Å². The molecule has 7 aromatic rings. The lowest BCUT2D eigenvalue weighted by atomic mass is 9.83. The molecular weight excluding hydrogens is 685 g/mol. The first kappa shape index (κ1) is 37.4. The smallest absolute Gasteiger partial charge is 0.418 e. The standard InChI is InChI=1S/C47H50N4O4/c1-45(2,3)30-24-32(36-14-12-22-48-36)42(53-10)33(25-30)37-20-18-28-16-17-29-19-21-38(50-41(29)40(28)49-37)34-26-31(46(4,5)6)27-35(43(34)54-11)39-15-13-23-51(39)44(52)55-47(7,8)9/h12-27,48H,1-11H3. The van der Waals surface area contributed by atoms with Gasteiger partial charge in [-0.05, 0) is 103 Å². The number of hydrogen-bond acceptors (Lipinski definition) is 6. The minimum Gasteiger partial charge on any atom is -0.495 e. The Kier molecular flexibility index (Phi) is 9.36. The topological polar surface area (TPSA) is 91.3 Å². The summed E-state index contributed by atoms with van der Waals surface area (Å²) in [6, 6.07) is 28.9. The van der Waals surface area contributed by atoms with Gasteiger partial charge in [0.1, 0.15) is 17.1 Å². The Morgan fingerprint density at radius 3 is 1.58 bits per heavy atom. The molecule has 0 aliphatic carbocycles. The van der Waals surface area contributed by atoms with Crippen LogP contribution in [-0.2, 0) is 15.6 Å². The SMILES string of the molecule is COc1c(-c2ccc3ccc4ccc(-c5cc(C(C)(C)C)cc(-c6cccn6C(=O)OC(C)(C)C)c5OC)nc4c3n2)cc(C(C)(C)C)cc1-c1ccc[nH]1. The van der Waals surface area contributed by atoms with Crippen LogP contribution >= 0.6 is 0 Å². The van der Waals surface area contributed by atoms with Gasteiger partial charge in [-0.1, -0.05) is 65.8 Å². The van der Waals surface area contributed by atoms with Gasteiger partial charge < -0.3 is 19.2 Å². The third-order valence-corrected chi connectivity index (χ3v) is 9.89. The number of pyridine rings is 2. The highest BCUT2D eigenvalue weighted by molar-refractivity contribution is 6.04. The van der Waals surface area contributed by atoms with E-state index in [2.05, 4.69) is 107 Å². The number of carbonyl (C=O) groups excluding carboxylic acids is 1. The molecule has 0 amide bonds. The molecule has 0 unspecified atom stereocenters. The number of fused-ring (bicyclic) bond motifs is 3. The summed E-state index contributed by atoms with van der Waals surface area (Å²) in [5.74, 6) is 1.36. The third kappa shape index (κ3) is 7.21. The Bertz CT molecular complexity index is 2560. The average Bonchev–Trinajstić information content (AvgIpc) is 3.85. The molecule has 0 fully saturated rings. The minimum atomic E-state index is -0.655. The molecule has 4 heterocycles. The van der Waals surface area contributed by atoms with Crippen LogP contribution in [0.25, 0.3) is 66.8 Å². The summed E-state index contributed by atoms with van der Waals surface area (Å²) in [4.78, 5) is 27.5. The highest BCUT2D eigenvalue weighted by Crippen LogP contribution is 2.45. The first-order valence-corrected chi connectivity index (χ1v) is 18.7. The van der Waals surface area contributed by atoms with Crippen LogP contribution in [0.2, 0.25) is 0 Å². The molecule has 0 saturated carbocycles. The number of H-pyrrole nitrogens is 1. The molecule has 0 bridgehead atoms. The molecule has 4 aromatic heterocycles. The van der Waals surface area contributed by atoms with E-state index in [9.17, 15) is 4.79 Å². The van der Waals surface area contributed by atoms with E-state index in [1.807, 2.05) is 51.2 Å². The molecule has 8 nitrogen and oxygen atoms in total. The maximum atomic E-state index is 13.4.